The van der Waals surface area contributed by atoms with E-state index < -0.39 is 0 Å². The molecule has 0 saturated carbocycles. The average Bonchev–Trinajstić information content (AvgIpc) is 3.15. The molecule has 0 radical (unpaired) electrons. The summed E-state index contributed by atoms with van der Waals surface area (Å²) in [7, 11) is 0. The highest BCUT2D eigenvalue weighted by molar-refractivity contribution is 6.32. The molecule has 1 aliphatic rings. The lowest BCUT2D eigenvalue weighted by Gasteiger charge is -2.29. The molecule has 2 aromatic heterocycles. The SMILES string of the molecule is CC(C)c1cc2c(N3CCOCC3)nc(-n3cccn3)nc2cc1Cl. The summed E-state index contributed by atoms with van der Waals surface area (Å²) >= 11 is 6.50. The van der Waals surface area contributed by atoms with E-state index in [1.54, 1.807) is 10.9 Å². The molecular formula is C18H20ClN5O. The van der Waals surface area contributed by atoms with E-state index in [9.17, 15) is 0 Å². The van der Waals surface area contributed by atoms with Crippen molar-refractivity contribution in [1.29, 1.82) is 0 Å². The van der Waals surface area contributed by atoms with Gasteiger partial charge in [-0.3, -0.25) is 0 Å². The van der Waals surface area contributed by atoms with Crippen molar-refractivity contribution in [2.24, 2.45) is 0 Å². The van der Waals surface area contributed by atoms with Crippen molar-refractivity contribution < 1.29 is 4.74 Å². The quantitative estimate of drug-likeness (QED) is 0.718. The van der Waals surface area contributed by atoms with Gasteiger partial charge in [-0.15, -0.1) is 0 Å². The number of nitrogens with zero attached hydrogens (tertiary/aromatic N) is 5. The molecule has 7 heteroatoms. The van der Waals surface area contributed by atoms with E-state index in [1.165, 1.54) is 0 Å². The van der Waals surface area contributed by atoms with E-state index in [0.29, 0.717) is 25.1 Å². The van der Waals surface area contributed by atoms with Crippen molar-refractivity contribution in [3.63, 3.8) is 0 Å². The zero-order valence-corrected chi connectivity index (χ0v) is 15.1. The molecule has 0 aliphatic carbocycles. The molecule has 3 aromatic rings. The van der Waals surface area contributed by atoms with Crippen LogP contribution in [0.25, 0.3) is 16.9 Å². The van der Waals surface area contributed by atoms with Crippen molar-refractivity contribution in [1.82, 2.24) is 19.7 Å². The van der Waals surface area contributed by atoms with Gasteiger partial charge in [0.25, 0.3) is 5.95 Å². The lowest BCUT2D eigenvalue weighted by atomic mass is 10.0. The number of rotatable bonds is 3. The third-order valence-electron chi connectivity index (χ3n) is 4.42. The number of anilines is 1. The number of ether oxygens (including phenoxy) is 1. The smallest absolute Gasteiger partial charge is 0.253 e. The molecule has 0 bridgehead atoms. The predicted molar refractivity (Wildman–Crippen MR) is 98.8 cm³/mol. The molecule has 3 heterocycles. The van der Waals surface area contributed by atoms with Gasteiger partial charge in [0.2, 0.25) is 0 Å². The van der Waals surface area contributed by atoms with Gasteiger partial charge in [-0.2, -0.15) is 10.1 Å². The number of morpholine rings is 1. The summed E-state index contributed by atoms with van der Waals surface area (Å²) in [4.78, 5) is 11.7. The maximum absolute atomic E-state index is 6.50. The molecule has 1 aliphatic heterocycles. The Bertz CT molecular complexity index is 888. The fraction of sp³-hybridized carbons (Fsp3) is 0.389. The van der Waals surface area contributed by atoms with Gasteiger partial charge in [-0.25, -0.2) is 9.67 Å². The van der Waals surface area contributed by atoms with Gasteiger partial charge < -0.3 is 9.64 Å². The third kappa shape index (κ3) is 3.07. The minimum Gasteiger partial charge on any atom is -0.378 e. The molecular weight excluding hydrogens is 338 g/mol. The Labute approximate surface area is 151 Å². The van der Waals surface area contributed by atoms with Crippen LogP contribution < -0.4 is 4.90 Å². The largest absolute Gasteiger partial charge is 0.378 e. The Morgan fingerprint density at radius 1 is 1.16 bits per heavy atom. The van der Waals surface area contributed by atoms with Gasteiger partial charge in [-0.05, 0) is 29.7 Å². The lowest BCUT2D eigenvalue weighted by molar-refractivity contribution is 0.122. The molecule has 0 spiro atoms. The number of hydrogen-bond acceptors (Lipinski definition) is 5. The Morgan fingerprint density at radius 3 is 2.64 bits per heavy atom. The van der Waals surface area contributed by atoms with Gasteiger partial charge >= 0.3 is 0 Å². The maximum Gasteiger partial charge on any atom is 0.253 e. The molecule has 0 unspecified atom stereocenters. The molecule has 0 N–H and O–H groups in total. The number of halogens is 1. The van der Waals surface area contributed by atoms with Gasteiger partial charge in [0.15, 0.2) is 0 Å². The van der Waals surface area contributed by atoms with Crippen LogP contribution >= 0.6 is 11.6 Å². The minimum atomic E-state index is 0.334. The van der Waals surface area contributed by atoms with Crippen LogP contribution in [0, 0.1) is 0 Å². The minimum absolute atomic E-state index is 0.334. The van der Waals surface area contributed by atoms with Crippen molar-refractivity contribution in [3.05, 3.63) is 41.2 Å². The van der Waals surface area contributed by atoms with Crippen LogP contribution in [0.2, 0.25) is 5.02 Å². The first kappa shape index (κ1) is 16.3. The van der Waals surface area contributed by atoms with E-state index in [2.05, 4.69) is 34.9 Å². The highest BCUT2D eigenvalue weighted by Gasteiger charge is 2.20. The monoisotopic (exact) mass is 357 g/mol. The molecule has 0 amide bonds. The summed E-state index contributed by atoms with van der Waals surface area (Å²) in [6, 6.07) is 5.92. The molecule has 130 valence electrons. The standard InChI is InChI=1S/C18H20ClN5O/c1-12(2)13-10-14-16(11-15(13)19)21-18(24-5-3-4-20-24)22-17(14)23-6-8-25-9-7-23/h3-5,10-12H,6-9H2,1-2H3. The van der Waals surface area contributed by atoms with Crippen molar-refractivity contribution in [2.45, 2.75) is 19.8 Å². The molecule has 1 fully saturated rings. The zero-order valence-electron chi connectivity index (χ0n) is 14.3. The van der Waals surface area contributed by atoms with E-state index in [-0.39, 0.29) is 0 Å². The highest BCUT2D eigenvalue weighted by atomic mass is 35.5. The van der Waals surface area contributed by atoms with Crippen LogP contribution in [0.15, 0.2) is 30.6 Å². The van der Waals surface area contributed by atoms with Crippen LogP contribution in [0.5, 0.6) is 0 Å². The van der Waals surface area contributed by atoms with Crippen LogP contribution in [-0.2, 0) is 4.74 Å². The van der Waals surface area contributed by atoms with Crippen LogP contribution in [-0.4, -0.2) is 46.1 Å². The fourth-order valence-electron chi connectivity index (χ4n) is 3.09. The Kier molecular flexibility index (Phi) is 4.31. The first-order valence-electron chi connectivity index (χ1n) is 8.47. The summed E-state index contributed by atoms with van der Waals surface area (Å²) in [6.45, 7) is 7.30. The summed E-state index contributed by atoms with van der Waals surface area (Å²) in [5.74, 6) is 1.80. The van der Waals surface area contributed by atoms with Crippen molar-refractivity contribution in [2.75, 3.05) is 31.2 Å². The Hall–Kier alpha value is -2.18. The Balaban J connectivity index is 1.95. The number of benzene rings is 1. The summed E-state index contributed by atoms with van der Waals surface area (Å²) < 4.78 is 7.17. The first-order chi connectivity index (χ1) is 12.1. The normalized spacial score (nSPS) is 15.3. The number of hydrogen-bond donors (Lipinski definition) is 0. The van der Waals surface area contributed by atoms with E-state index in [4.69, 9.17) is 21.3 Å². The number of aromatic nitrogens is 4. The summed E-state index contributed by atoms with van der Waals surface area (Å²) in [5, 5.41) is 6.02. The second kappa shape index (κ2) is 6.61. The van der Waals surface area contributed by atoms with Crippen LogP contribution in [0.1, 0.15) is 25.3 Å². The van der Waals surface area contributed by atoms with Gasteiger partial charge in [0.05, 0.1) is 18.7 Å². The topological polar surface area (TPSA) is 56.1 Å². The molecule has 25 heavy (non-hydrogen) atoms. The summed E-state index contributed by atoms with van der Waals surface area (Å²) in [6.07, 6.45) is 3.56. The van der Waals surface area contributed by atoms with E-state index in [1.807, 2.05) is 18.3 Å². The molecule has 6 nitrogen and oxygen atoms in total. The first-order valence-corrected chi connectivity index (χ1v) is 8.85. The maximum atomic E-state index is 6.50. The highest BCUT2D eigenvalue weighted by Crippen LogP contribution is 2.33. The Morgan fingerprint density at radius 2 is 1.96 bits per heavy atom. The molecule has 0 atom stereocenters. The van der Waals surface area contributed by atoms with Gasteiger partial charge in [0, 0.05) is 35.9 Å². The zero-order chi connectivity index (χ0) is 17.4. The third-order valence-corrected chi connectivity index (χ3v) is 4.75. The van der Waals surface area contributed by atoms with E-state index in [0.717, 1.165) is 40.4 Å². The molecule has 1 aromatic carbocycles. The lowest BCUT2D eigenvalue weighted by Crippen LogP contribution is -2.37. The second-order valence-corrected chi connectivity index (χ2v) is 6.85. The van der Waals surface area contributed by atoms with Crippen molar-refractivity contribution >= 4 is 28.3 Å². The molecule has 1 saturated heterocycles. The molecule has 4 rings (SSSR count). The van der Waals surface area contributed by atoms with Gasteiger partial charge in [-0.1, -0.05) is 25.4 Å². The van der Waals surface area contributed by atoms with Crippen molar-refractivity contribution in [3.8, 4) is 5.95 Å². The number of fused-ring (bicyclic) bond motifs is 1. The van der Waals surface area contributed by atoms with Crippen LogP contribution in [0.3, 0.4) is 0 Å². The fourth-order valence-corrected chi connectivity index (χ4v) is 3.46. The van der Waals surface area contributed by atoms with Crippen LogP contribution in [0.4, 0.5) is 5.82 Å². The second-order valence-electron chi connectivity index (χ2n) is 6.44. The van der Waals surface area contributed by atoms with Gasteiger partial charge in [0.1, 0.15) is 5.82 Å². The van der Waals surface area contributed by atoms with E-state index >= 15 is 0 Å². The average molecular weight is 358 g/mol. The summed E-state index contributed by atoms with van der Waals surface area (Å²) in [5.41, 5.74) is 1.94. The predicted octanol–water partition coefficient (Wildman–Crippen LogP) is 3.43.